The van der Waals surface area contributed by atoms with Crippen LogP contribution in [0.1, 0.15) is 48.3 Å². The molecular formula is C24H30Cl2N4. The summed E-state index contributed by atoms with van der Waals surface area (Å²) in [4.78, 5) is 7.99. The molecule has 1 fully saturated rings. The number of hydrogen-bond acceptors (Lipinski definition) is 3. The van der Waals surface area contributed by atoms with E-state index in [2.05, 4.69) is 51.7 Å². The van der Waals surface area contributed by atoms with Gasteiger partial charge in [0.15, 0.2) is 0 Å². The summed E-state index contributed by atoms with van der Waals surface area (Å²) in [7, 11) is 0. The van der Waals surface area contributed by atoms with Gasteiger partial charge >= 0.3 is 0 Å². The Labute approximate surface area is 190 Å². The van der Waals surface area contributed by atoms with Crippen LogP contribution in [-0.4, -0.2) is 22.6 Å². The van der Waals surface area contributed by atoms with Gasteiger partial charge in [0.05, 0.1) is 0 Å². The molecule has 2 aromatic carbocycles. The van der Waals surface area contributed by atoms with E-state index in [0.717, 1.165) is 55.2 Å². The van der Waals surface area contributed by atoms with Gasteiger partial charge in [0.2, 0.25) is 0 Å². The standard InChI is InChI=1S/C24H29ClN4.ClH/c25-20-8-4-7-19(14-20)24(17-26)11-9-21(10-12-24)27-15-22-16-28-23(29-22)13-18-5-2-1-3-6-18;/h1-8,14,16,21,27H,9-13,15,17,26H2,(H,28,29);1H. The number of benzene rings is 2. The first-order chi connectivity index (χ1) is 14.2. The van der Waals surface area contributed by atoms with E-state index in [1.807, 2.05) is 24.4 Å². The van der Waals surface area contributed by atoms with Crippen LogP contribution in [0.4, 0.5) is 0 Å². The molecule has 1 saturated carbocycles. The highest BCUT2D eigenvalue weighted by Gasteiger charge is 2.35. The predicted molar refractivity (Wildman–Crippen MR) is 126 cm³/mol. The number of hydrogen-bond donors (Lipinski definition) is 3. The minimum atomic E-state index is 0. The Bertz CT molecular complexity index is 918. The Morgan fingerprint density at radius 2 is 1.87 bits per heavy atom. The third kappa shape index (κ3) is 5.44. The van der Waals surface area contributed by atoms with Gasteiger partial charge in [-0.15, -0.1) is 12.4 Å². The molecule has 6 heteroatoms. The van der Waals surface area contributed by atoms with E-state index in [4.69, 9.17) is 17.3 Å². The molecule has 0 unspecified atom stereocenters. The molecule has 4 nitrogen and oxygen atoms in total. The summed E-state index contributed by atoms with van der Waals surface area (Å²) >= 11 is 6.22. The SMILES string of the molecule is Cl.NCC1(c2cccc(Cl)c2)CCC(NCc2cnc(Cc3ccccc3)[nH]2)CC1. The fourth-order valence-corrected chi connectivity index (χ4v) is 4.62. The van der Waals surface area contributed by atoms with Crippen molar-refractivity contribution >= 4 is 24.0 Å². The maximum absolute atomic E-state index is 6.22. The van der Waals surface area contributed by atoms with Gasteiger partial charge in [0, 0.05) is 47.9 Å². The molecule has 160 valence electrons. The summed E-state index contributed by atoms with van der Waals surface area (Å²) in [5, 5.41) is 4.49. The van der Waals surface area contributed by atoms with Gasteiger partial charge in [-0.3, -0.25) is 0 Å². The third-order valence-electron chi connectivity index (χ3n) is 6.25. The summed E-state index contributed by atoms with van der Waals surface area (Å²) in [5.41, 5.74) is 9.97. The van der Waals surface area contributed by atoms with Crippen LogP contribution < -0.4 is 11.1 Å². The lowest BCUT2D eigenvalue weighted by Crippen LogP contribution is -2.43. The number of halogens is 2. The van der Waals surface area contributed by atoms with Crippen LogP contribution in [-0.2, 0) is 18.4 Å². The lowest BCUT2D eigenvalue weighted by atomic mass is 9.68. The maximum atomic E-state index is 6.22. The van der Waals surface area contributed by atoms with Crippen molar-refractivity contribution in [3.63, 3.8) is 0 Å². The first-order valence-electron chi connectivity index (χ1n) is 10.4. The van der Waals surface area contributed by atoms with Gasteiger partial charge in [0.1, 0.15) is 5.82 Å². The lowest BCUT2D eigenvalue weighted by molar-refractivity contribution is 0.250. The molecule has 4 rings (SSSR count). The molecule has 1 aliphatic rings. The number of aromatic nitrogens is 2. The summed E-state index contributed by atoms with van der Waals surface area (Å²) in [5.74, 6) is 1.01. The minimum Gasteiger partial charge on any atom is -0.345 e. The Kier molecular flexibility index (Phi) is 7.95. The average Bonchev–Trinajstić information content (AvgIpc) is 3.21. The number of nitrogens with two attached hydrogens (primary N) is 1. The van der Waals surface area contributed by atoms with Crippen molar-refractivity contribution in [1.82, 2.24) is 15.3 Å². The highest BCUT2D eigenvalue weighted by molar-refractivity contribution is 6.30. The minimum absolute atomic E-state index is 0. The fourth-order valence-electron chi connectivity index (χ4n) is 4.43. The Morgan fingerprint density at radius 3 is 2.57 bits per heavy atom. The second kappa shape index (κ2) is 10.5. The number of H-pyrrole nitrogens is 1. The summed E-state index contributed by atoms with van der Waals surface area (Å²) < 4.78 is 0. The van der Waals surface area contributed by atoms with Gasteiger partial charge in [-0.1, -0.05) is 54.1 Å². The fraction of sp³-hybridized carbons (Fsp3) is 0.375. The van der Waals surface area contributed by atoms with Crippen molar-refractivity contribution in [3.8, 4) is 0 Å². The first-order valence-corrected chi connectivity index (χ1v) is 10.8. The number of rotatable bonds is 7. The maximum Gasteiger partial charge on any atom is 0.110 e. The van der Waals surface area contributed by atoms with Crippen LogP contribution in [0.2, 0.25) is 5.02 Å². The van der Waals surface area contributed by atoms with Crippen molar-refractivity contribution in [1.29, 1.82) is 0 Å². The zero-order chi connectivity index (χ0) is 20.1. The largest absolute Gasteiger partial charge is 0.345 e. The van der Waals surface area contributed by atoms with Gasteiger partial charge in [-0.25, -0.2) is 4.98 Å². The normalized spacial score (nSPS) is 21.2. The van der Waals surface area contributed by atoms with Crippen molar-refractivity contribution in [2.45, 2.75) is 50.1 Å². The highest BCUT2D eigenvalue weighted by Crippen LogP contribution is 2.39. The zero-order valence-corrected chi connectivity index (χ0v) is 18.7. The summed E-state index contributed by atoms with van der Waals surface area (Å²) in [6.07, 6.45) is 7.20. The molecular weight excluding hydrogens is 415 g/mol. The molecule has 0 radical (unpaired) electrons. The van der Waals surface area contributed by atoms with E-state index in [1.165, 1.54) is 11.1 Å². The zero-order valence-electron chi connectivity index (χ0n) is 17.1. The third-order valence-corrected chi connectivity index (χ3v) is 6.48. The average molecular weight is 445 g/mol. The van der Waals surface area contributed by atoms with Crippen LogP contribution >= 0.6 is 24.0 Å². The smallest absolute Gasteiger partial charge is 0.110 e. The van der Waals surface area contributed by atoms with E-state index < -0.39 is 0 Å². The molecule has 0 spiro atoms. The van der Waals surface area contributed by atoms with E-state index in [0.29, 0.717) is 12.6 Å². The molecule has 0 atom stereocenters. The highest BCUT2D eigenvalue weighted by atomic mass is 35.5. The molecule has 0 bridgehead atoms. The predicted octanol–water partition coefficient (Wildman–Crippen LogP) is 5.00. The van der Waals surface area contributed by atoms with Crippen LogP contribution in [0, 0.1) is 0 Å². The van der Waals surface area contributed by atoms with Crippen LogP contribution in [0.3, 0.4) is 0 Å². The van der Waals surface area contributed by atoms with Gasteiger partial charge < -0.3 is 16.0 Å². The van der Waals surface area contributed by atoms with Gasteiger partial charge in [-0.2, -0.15) is 0 Å². The molecule has 1 aliphatic carbocycles. The molecule has 1 aromatic heterocycles. The van der Waals surface area contributed by atoms with Crippen LogP contribution in [0.5, 0.6) is 0 Å². The topological polar surface area (TPSA) is 66.7 Å². The monoisotopic (exact) mass is 444 g/mol. The lowest BCUT2D eigenvalue weighted by Gasteiger charge is -2.40. The van der Waals surface area contributed by atoms with E-state index in [9.17, 15) is 0 Å². The Hall–Kier alpha value is -1.85. The van der Waals surface area contributed by atoms with Crippen LogP contribution in [0.15, 0.2) is 60.8 Å². The van der Waals surface area contributed by atoms with Crippen molar-refractivity contribution in [2.75, 3.05) is 6.54 Å². The summed E-state index contributed by atoms with van der Waals surface area (Å²) in [6.45, 7) is 1.49. The molecule has 30 heavy (non-hydrogen) atoms. The molecule has 3 aromatic rings. The van der Waals surface area contributed by atoms with Crippen LogP contribution in [0.25, 0.3) is 0 Å². The summed E-state index contributed by atoms with van der Waals surface area (Å²) in [6, 6.07) is 19.2. The number of aromatic amines is 1. The van der Waals surface area contributed by atoms with Gasteiger partial charge in [-0.05, 0) is 48.9 Å². The first kappa shape index (κ1) is 22.8. The second-order valence-corrected chi connectivity index (χ2v) is 8.60. The molecule has 0 amide bonds. The number of imidazole rings is 1. The second-order valence-electron chi connectivity index (χ2n) is 8.17. The van der Waals surface area contributed by atoms with E-state index >= 15 is 0 Å². The Morgan fingerprint density at radius 1 is 1.10 bits per heavy atom. The van der Waals surface area contributed by atoms with Crippen molar-refractivity contribution < 1.29 is 0 Å². The number of nitrogens with one attached hydrogen (secondary N) is 2. The van der Waals surface area contributed by atoms with Crippen molar-refractivity contribution in [2.24, 2.45) is 5.73 Å². The molecule has 4 N–H and O–H groups in total. The van der Waals surface area contributed by atoms with Gasteiger partial charge in [0.25, 0.3) is 0 Å². The van der Waals surface area contributed by atoms with E-state index in [-0.39, 0.29) is 17.8 Å². The Balaban J connectivity index is 0.00000256. The molecule has 1 heterocycles. The molecule has 0 saturated heterocycles. The van der Waals surface area contributed by atoms with E-state index in [1.54, 1.807) is 0 Å². The quantitative estimate of drug-likeness (QED) is 0.479. The van der Waals surface area contributed by atoms with Crippen molar-refractivity contribution in [3.05, 3.63) is 88.5 Å². The number of nitrogens with zero attached hydrogens (tertiary/aromatic N) is 1. The molecule has 0 aliphatic heterocycles.